The molecule has 0 fully saturated rings. The van der Waals surface area contributed by atoms with Crippen molar-refractivity contribution in [1.82, 2.24) is 4.72 Å². The van der Waals surface area contributed by atoms with E-state index < -0.39 is 20.8 Å². The average Bonchev–Trinajstić information content (AvgIpc) is 2.03. The van der Waals surface area contributed by atoms with Crippen molar-refractivity contribution in [3.05, 3.63) is 0 Å². The summed E-state index contributed by atoms with van der Waals surface area (Å²) in [7, 11) is -3.25. The lowest BCUT2D eigenvalue weighted by molar-refractivity contribution is 0.233. The van der Waals surface area contributed by atoms with Gasteiger partial charge in [-0.15, -0.1) is 0 Å². The fourth-order valence-corrected chi connectivity index (χ4v) is 2.18. The third-order valence-corrected chi connectivity index (χ3v) is 4.47. The summed E-state index contributed by atoms with van der Waals surface area (Å²) < 4.78 is 25.8. The fraction of sp³-hybridized carbons (Fsp3) is 1.00. The highest BCUT2D eigenvalue weighted by molar-refractivity contribution is 7.90. The molecule has 86 valence electrons. The molecule has 0 aromatic heterocycles. The van der Waals surface area contributed by atoms with Crippen molar-refractivity contribution in [1.29, 1.82) is 0 Å². The molecule has 14 heavy (non-hydrogen) atoms. The van der Waals surface area contributed by atoms with Crippen LogP contribution in [0, 0.1) is 0 Å². The van der Waals surface area contributed by atoms with Gasteiger partial charge >= 0.3 is 0 Å². The topological polar surface area (TPSA) is 66.4 Å². The Morgan fingerprint density at radius 1 is 1.43 bits per heavy atom. The van der Waals surface area contributed by atoms with Crippen LogP contribution in [0.25, 0.3) is 0 Å². The first-order valence-electron chi connectivity index (χ1n) is 4.91. The number of hydrogen-bond donors (Lipinski definition) is 2. The molecule has 0 rings (SSSR count). The zero-order valence-corrected chi connectivity index (χ0v) is 10.2. The molecular formula is C9H21NO3S. The predicted molar refractivity (Wildman–Crippen MR) is 57.6 cm³/mol. The molecule has 5 heteroatoms. The van der Waals surface area contributed by atoms with Crippen LogP contribution in [0.4, 0.5) is 0 Å². The van der Waals surface area contributed by atoms with Crippen LogP contribution in [0.5, 0.6) is 0 Å². The van der Waals surface area contributed by atoms with Gasteiger partial charge in [-0.2, -0.15) is 0 Å². The number of sulfonamides is 1. The van der Waals surface area contributed by atoms with E-state index in [1.807, 2.05) is 13.8 Å². The standard InChI is InChI=1S/C9H21NO3S/c1-5-9(4,6-7-11)10-14(12,13)8(2)3/h8,10-11H,5-7H2,1-4H3. The quantitative estimate of drug-likeness (QED) is 0.702. The van der Waals surface area contributed by atoms with E-state index in [2.05, 4.69) is 4.72 Å². The van der Waals surface area contributed by atoms with Gasteiger partial charge in [0.05, 0.1) is 5.25 Å². The van der Waals surface area contributed by atoms with Gasteiger partial charge in [-0.3, -0.25) is 0 Å². The molecule has 1 atom stereocenters. The van der Waals surface area contributed by atoms with Crippen LogP contribution < -0.4 is 4.72 Å². The summed E-state index contributed by atoms with van der Waals surface area (Å²) in [5.41, 5.74) is -0.530. The Bertz CT molecular complexity index is 261. The van der Waals surface area contributed by atoms with E-state index in [-0.39, 0.29) is 6.61 Å². The van der Waals surface area contributed by atoms with Gasteiger partial charge in [0.1, 0.15) is 0 Å². The first-order valence-corrected chi connectivity index (χ1v) is 6.45. The molecule has 0 aromatic rings. The van der Waals surface area contributed by atoms with Crippen molar-refractivity contribution >= 4 is 10.0 Å². The molecule has 0 bridgehead atoms. The van der Waals surface area contributed by atoms with Crippen molar-refractivity contribution < 1.29 is 13.5 Å². The largest absolute Gasteiger partial charge is 0.396 e. The summed E-state index contributed by atoms with van der Waals surface area (Å²) in [6.07, 6.45) is 1.11. The number of hydrogen-bond acceptors (Lipinski definition) is 3. The third kappa shape index (κ3) is 3.94. The predicted octanol–water partition coefficient (Wildman–Crippen LogP) is 0.865. The van der Waals surface area contributed by atoms with Crippen molar-refractivity contribution in [2.75, 3.05) is 6.61 Å². The van der Waals surface area contributed by atoms with Crippen molar-refractivity contribution in [2.45, 2.75) is 51.3 Å². The minimum atomic E-state index is -3.25. The molecule has 0 amide bonds. The monoisotopic (exact) mass is 223 g/mol. The first-order chi connectivity index (χ1) is 6.27. The zero-order valence-electron chi connectivity index (χ0n) is 9.37. The van der Waals surface area contributed by atoms with Crippen LogP contribution in [0.2, 0.25) is 0 Å². The maximum atomic E-state index is 11.6. The van der Waals surface area contributed by atoms with E-state index in [0.29, 0.717) is 12.8 Å². The Balaban J connectivity index is 4.62. The van der Waals surface area contributed by atoms with Gasteiger partial charge < -0.3 is 5.11 Å². The fourth-order valence-electron chi connectivity index (χ4n) is 1.01. The maximum Gasteiger partial charge on any atom is 0.214 e. The average molecular weight is 223 g/mol. The number of rotatable bonds is 6. The van der Waals surface area contributed by atoms with Crippen molar-refractivity contribution in [3.63, 3.8) is 0 Å². The second-order valence-corrected chi connectivity index (χ2v) is 6.32. The van der Waals surface area contributed by atoms with E-state index in [1.54, 1.807) is 13.8 Å². The van der Waals surface area contributed by atoms with Crippen LogP contribution in [0.15, 0.2) is 0 Å². The molecule has 0 spiro atoms. The van der Waals surface area contributed by atoms with E-state index >= 15 is 0 Å². The Kier molecular flexibility index (Phi) is 5.05. The Morgan fingerprint density at radius 2 is 1.93 bits per heavy atom. The van der Waals surface area contributed by atoms with Crippen LogP contribution >= 0.6 is 0 Å². The summed E-state index contributed by atoms with van der Waals surface area (Å²) in [6, 6.07) is 0. The summed E-state index contributed by atoms with van der Waals surface area (Å²) in [5, 5.41) is 8.40. The second kappa shape index (κ2) is 5.09. The number of aliphatic hydroxyl groups is 1. The second-order valence-electron chi connectivity index (χ2n) is 4.08. The SMILES string of the molecule is CCC(C)(CCO)NS(=O)(=O)C(C)C. The van der Waals surface area contributed by atoms with Gasteiger partial charge in [0.15, 0.2) is 0 Å². The molecule has 2 N–H and O–H groups in total. The van der Waals surface area contributed by atoms with Gasteiger partial charge in [0.2, 0.25) is 10.0 Å². The van der Waals surface area contributed by atoms with Crippen molar-refractivity contribution in [3.8, 4) is 0 Å². The van der Waals surface area contributed by atoms with E-state index in [1.165, 1.54) is 0 Å². The molecule has 0 saturated heterocycles. The van der Waals surface area contributed by atoms with E-state index in [9.17, 15) is 8.42 Å². The minimum Gasteiger partial charge on any atom is -0.396 e. The Hall–Kier alpha value is -0.130. The van der Waals surface area contributed by atoms with Crippen LogP contribution in [-0.4, -0.2) is 30.9 Å². The highest BCUT2D eigenvalue weighted by Crippen LogP contribution is 2.16. The normalized spacial score (nSPS) is 17.0. The van der Waals surface area contributed by atoms with Gasteiger partial charge in [0.25, 0.3) is 0 Å². The molecule has 0 aliphatic heterocycles. The molecule has 0 saturated carbocycles. The lowest BCUT2D eigenvalue weighted by Crippen LogP contribution is -2.48. The summed E-state index contributed by atoms with van der Waals surface area (Å²) in [4.78, 5) is 0. The Labute approximate surface area is 86.8 Å². The van der Waals surface area contributed by atoms with Gasteiger partial charge in [-0.05, 0) is 33.6 Å². The Morgan fingerprint density at radius 3 is 2.21 bits per heavy atom. The molecule has 0 aliphatic rings. The summed E-state index contributed by atoms with van der Waals surface area (Å²) in [6.45, 7) is 6.97. The molecule has 0 aromatic carbocycles. The van der Waals surface area contributed by atoms with Gasteiger partial charge in [0, 0.05) is 12.1 Å². The van der Waals surface area contributed by atoms with Crippen LogP contribution in [0.3, 0.4) is 0 Å². The lowest BCUT2D eigenvalue weighted by Gasteiger charge is -2.29. The summed E-state index contributed by atoms with van der Waals surface area (Å²) >= 11 is 0. The molecule has 0 heterocycles. The first kappa shape index (κ1) is 13.9. The third-order valence-electron chi connectivity index (χ3n) is 2.45. The zero-order chi connectivity index (χ0) is 11.4. The molecule has 1 unspecified atom stereocenters. The van der Waals surface area contributed by atoms with Crippen molar-refractivity contribution in [2.24, 2.45) is 0 Å². The van der Waals surface area contributed by atoms with Gasteiger partial charge in [-0.1, -0.05) is 6.92 Å². The van der Waals surface area contributed by atoms with Gasteiger partial charge in [-0.25, -0.2) is 13.1 Å². The van der Waals surface area contributed by atoms with E-state index in [4.69, 9.17) is 5.11 Å². The van der Waals surface area contributed by atoms with E-state index in [0.717, 1.165) is 0 Å². The number of nitrogens with one attached hydrogen (secondary N) is 1. The molecule has 0 radical (unpaired) electrons. The highest BCUT2D eigenvalue weighted by atomic mass is 32.2. The molecular weight excluding hydrogens is 202 g/mol. The highest BCUT2D eigenvalue weighted by Gasteiger charge is 2.28. The lowest BCUT2D eigenvalue weighted by atomic mass is 9.97. The summed E-state index contributed by atoms with van der Waals surface area (Å²) in [5.74, 6) is 0. The smallest absolute Gasteiger partial charge is 0.214 e. The minimum absolute atomic E-state index is 0.00897. The maximum absolute atomic E-state index is 11.6. The molecule has 4 nitrogen and oxygen atoms in total. The van der Waals surface area contributed by atoms with Crippen LogP contribution in [0.1, 0.15) is 40.5 Å². The van der Waals surface area contributed by atoms with Crippen LogP contribution in [-0.2, 0) is 10.0 Å². The number of aliphatic hydroxyl groups excluding tert-OH is 1. The molecule has 0 aliphatic carbocycles.